The Bertz CT molecular complexity index is 430. The number of aromatic nitrogens is 1. The van der Waals surface area contributed by atoms with Gasteiger partial charge >= 0.3 is 0 Å². The van der Waals surface area contributed by atoms with Crippen molar-refractivity contribution in [2.75, 3.05) is 23.7 Å². The Kier molecular flexibility index (Phi) is 3.86. The second-order valence-electron chi connectivity index (χ2n) is 3.69. The summed E-state index contributed by atoms with van der Waals surface area (Å²) in [7, 11) is 0. The fourth-order valence-electron chi connectivity index (χ4n) is 1.29. The van der Waals surface area contributed by atoms with Crippen molar-refractivity contribution < 1.29 is 9.59 Å². The monoisotopic (exact) mass is 237 g/mol. The van der Waals surface area contributed by atoms with Gasteiger partial charge in [-0.3, -0.25) is 9.59 Å². The molecule has 0 saturated heterocycles. The zero-order valence-electron chi connectivity index (χ0n) is 9.51. The van der Waals surface area contributed by atoms with Gasteiger partial charge in [-0.25, -0.2) is 4.98 Å². The average Bonchev–Trinajstić information content (AvgIpc) is 2.19. The number of aryl methyl sites for hydroxylation is 1. The molecule has 0 aliphatic carbocycles. The Balaban J connectivity index is 2.98. The van der Waals surface area contributed by atoms with E-state index >= 15 is 0 Å². The van der Waals surface area contributed by atoms with Crippen LogP contribution >= 0.6 is 0 Å². The molecule has 1 aromatic rings. The molecule has 0 unspecified atom stereocenters. The van der Waals surface area contributed by atoms with Gasteiger partial charge in [0.25, 0.3) is 0 Å². The number of nitrogen functional groups attached to an aromatic ring is 1. The van der Waals surface area contributed by atoms with Crippen LogP contribution in [0.3, 0.4) is 0 Å². The molecular formula is C10H15N5O2. The molecule has 92 valence electrons. The molecule has 0 aliphatic heterocycles. The number of hydrogen-bond donors (Lipinski definition) is 3. The lowest BCUT2D eigenvalue weighted by Crippen LogP contribution is -2.40. The molecule has 7 nitrogen and oxygen atoms in total. The molecule has 0 spiro atoms. The lowest BCUT2D eigenvalue weighted by Gasteiger charge is -2.20. The third-order valence-corrected chi connectivity index (χ3v) is 2.15. The number of carbonyl (C=O) groups is 2. The zero-order valence-corrected chi connectivity index (χ0v) is 9.51. The SMILES string of the molecule is Cc1cnc(N(CC(N)=O)CC(N)=O)cc1N. The molecule has 0 atom stereocenters. The second kappa shape index (κ2) is 5.15. The minimum Gasteiger partial charge on any atom is -0.398 e. The molecule has 0 bridgehead atoms. The first-order valence-corrected chi connectivity index (χ1v) is 4.94. The number of nitrogens with two attached hydrogens (primary N) is 3. The van der Waals surface area contributed by atoms with Crippen molar-refractivity contribution in [1.82, 2.24) is 4.98 Å². The zero-order chi connectivity index (χ0) is 13.0. The van der Waals surface area contributed by atoms with Crippen molar-refractivity contribution in [3.05, 3.63) is 17.8 Å². The summed E-state index contributed by atoms with van der Waals surface area (Å²) in [6.45, 7) is 1.52. The van der Waals surface area contributed by atoms with Crippen molar-refractivity contribution in [3.8, 4) is 0 Å². The van der Waals surface area contributed by atoms with E-state index < -0.39 is 11.8 Å². The summed E-state index contributed by atoms with van der Waals surface area (Å²) in [6.07, 6.45) is 1.56. The molecule has 1 rings (SSSR count). The smallest absolute Gasteiger partial charge is 0.237 e. The van der Waals surface area contributed by atoms with Crippen LogP contribution in [0.2, 0.25) is 0 Å². The Morgan fingerprint density at radius 3 is 2.24 bits per heavy atom. The number of hydrogen-bond acceptors (Lipinski definition) is 5. The van der Waals surface area contributed by atoms with E-state index in [9.17, 15) is 9.59 Å². The normalized spacial score (nSPS) is 9.94. The van der Waals surface area contributed by atoms with Crippen LogP contribution in [-0.4, -0.2) is 29.9 Å². The summed E-state index contributed by atoms with van der Waals surface area (Å²) in [4.78, 5) is 27.2. The summed E-state index contributed by atoms with van der Waals surface area (Å²) in [5.74, 6) is -0.759. The maximum absolute atomic E-state index is 10.9. The molecule has 17 heavy (non-hydrogen) atoms. The van der Waals surface area contributed by atoms with E-state index in [1.54, 1.807) is 19.2 Å². The number of carbonyl (C=O) groups excluding carboxylic acids is 2. The number of pyridine rings is 1. The predicted octanol–water partition coefficient (Wildman–Crippen LogP) is -1.25. The summed E-state index contributed by atoms with van der Waals surface area (Å²) < 4.78 is 0. The molecule has 1 heterocycles. The van der Waals surface area contributed by atoms with E-state index in [4.69, 9.17) is 17.2 Å². The summed E-state index contributed by atoms with van der Waals surface area (Å²) in [5.41, 5.74) is 17.2. The summed E-state index contributed by atoms with van der Waals surface area (Å²) >= 11 is 0. The maximum Gasteiger partial charge on any atom is 0.237 e. The predicted molar refractivity (Wildman–Crippen MR) is 64.0 cm³/mol. The molecule has 6 N–H and O–H groups in total. The fourth-order valence-corrected chi connectivity index (χ4v) is 1.29. The van der Waals surface area contributed by atoms with Gasteiger partial charge in [-0.2, -0.15) is 0 Å². The highest BCUT2D eigenvalue weighted by molar-refractivity contribution is 5.84. The Hall–Kier alpha value is -2.31. The molecule has 0 fully saturated rings. The summed E-state index contributed by atoms with van der Waals surface area (Å²) in [6, 6.07) is 1.57. The van der Waals surface area contributed by atoms with Gasteiger partial charge in [0.2, 0.25) is 11.8 Å². The Morgan fingerprint density at radius 1 is 1.29 bits per heavy atom. The van der Waals surface area contributed by atoms with E-state index in [0.717, 1.165) is 5.56 Å². The molecule has 7 heteroatoms. The minimum atomic E-state index is -0.577. The lowest BCUT2D eigenvalue weighted by atomic mass is 10.2. The van der Waals surface area contributed by atoms with Crippen LogP contribution in [0.1, 0.15) is 5.56 Å². The first-order chi connectivity index (χ1) is 7.90. The standard InChI is InChI=1S/C10H15N5O2/c1-6-3-14-10(2-7(6)11)15(4-8(12)16)5-9(13)17/h2-3H,4-5H2,1H3,(H2,11,14)(H2,12,16)(H2,13,17). The van der Waals surface area contributed by atoms with Gasteiger partial charge in [-0.1, -0.05) is 0 Å². The maximum atomic E-state index is 10.9. The van der Waals surface area contributed by atoms with Gasteiger partial charge in [0.05, 0.1) is 13.1 Å². The van der Waals surface area contributed by atoms with Gasteiger partial charge in [0, 0.05) is 18.0 Å². The van der Waals surface area contributed by atoms with Crippen molar-refractivity contribution in [2.24, 2.45) is 11.5 Å². The fraction of sp³-hybridized carbons (Fsp3) is 0.300. The van der Waals surface area contributed by atoms with E-state index in [-0.39, 0.29) is 13.1 Å². The third kappa shape index (κ3) is 3.63. The molecule has 0 radical (unpaired) electrons. The molecule has 0 aromatic carbocycles. The first kappa shape index (κ1) is 12.8. The van der Waals surface area contributed by atoms with Crippen LogP contribution in [0.25, 0.3) is 0 Å². The van der Waals surface area contributed by atoms with Crippen LogP contribution < -0.4 is 22.1 Å². The van der Waals surface area contributed by atoms with E-state index in [2.05, 4.69) is 4.98 Å². The number of nitrogens with zero attached hydrogens (tertiary/aromatic N) is 2. The Labute approximate surface area is 98.6 Å². The van der Waals surface area contributed by atoms with Crippen molar-refractivity contribution in [1.29, 1.82) is 0 Å². The van der Waals surface area contributed by atoms with Gasteiger partial charge in [-0.15, -0.1) is 0 Å². The molecule has 1 aromatic heterocycles. The third-order valence-electron chi connectivity index (χ3n) is 2.15. The van der Waals surface area contributed by atoms with Crippen LogP contribution in [0.5, 0.6) is 0 Å². The van der Waals surface area contributed by atoms with Gasteiger partial charge in [0.15, 0.2) is 0 Å². The summed E-state index contributed by atoms with van der Waals surface area (Å²) in [5, 5.41) is 0. The van der Waals surface area contributed by atoms with Crippen LogP contribution in [0.4, 0.5) is 11.5 Å². The highest BCUT2D eigenvalue weighted by Crippen LogP contribution is 2.17. The van der Waals surface area contributed by atoms with Crippen molar-refractivity contribution in [2.45, 2.75) is 6.92 Å². The topological polar surface area (TPSA) is 128 Å². The number of anilines is 2. The van der Waals surface area contributed by atoms with Crippen molar-refractivity contribution >= 4 is 23.3 Å². The second-order valence-corrected chi connectivity index (χ2v) is 3.69. The van der Waals surface area contributed by atoms with Gasteiger partial charge in [-0.05, 0) is 12.5 Å². The highest BCUT2D eigenvalue weighted by Gasteiger charge is 2.14. The molecule has 0 aliphatic rings. The minimum absolute atomic E-state index is 0.140. The van der Waals surface area contributed by atoms with Crippen LogP contribution in [0, 0.1) is 6.92 Å². The number of amides is 2. The number of rotatable bonds is 5. The van der Waals surface area contributed by atoms with E-state index in [0.29, 0.717) is 11.5 Å². The van der Waals surface area contributed by atoms with Gasteiger partial charge < -0.3 is 22.1 Å². The van der Waals surface area contributed by atoms with Crippen LogP contribution in [-0.2, 0) is 9.59 Å². The van der Waals surface area contributed by atoms with Crippen LogP contribution in [0.15, 0.2) is 12.3 Å². The lowest BCUT2D eigenvalue weighted by molar-refractivity contribution is -0.117. The first-order valence-electron chi connectivity index (χ1n) is 4.94. The largest absolute Gasteiger partial charge is 0.398 e. The highest BCUT2D eigenvalue weighted by atomic mass is 16.2. The molecule has 0 saturated carbocycles. The van der Waals surface area contributed by atoms with Crippen molar-refractivity contribution in [3.63, 3.8) is 0 Å². The van der Waals surface area contributed by atoms with Gasteiger partial charge in [0.1, 0.15) is 5.82 Å². The van der Waals surface area contributed by atoms with E-state index in [1.165, 1.54) is 4.90 Å². The number of primary amides is 2. The molecule has 2 amide bonds. The molecular weight excluding hydrogens is 222 g/mol. The average molecular weight is 237 g/mol. The quantitative estimate of drug-likeness (QED) is 0.589. The Morgan fingerprint density at radius 2 is 1.82 bits per heavy atom. The van der Waals surface area contributed by atoms with E-state index in [1.807, 2.05) is 0 Å².